The molecule has 1 fully saturated rings. The van der Waals surface area contributed by atoms with Gasteiger partial charge in [-0.3, -0.25) is 0 Å². The van der Waals surface area contributed by atoms with E-state index in [4.69, 9.17) is 9.47 Å². The van der Waals surface area contributed by atoms with Crippen LogP contribution < -0.4 is 19.7 Å². The lowest BCUT2D eigenvalue weighted by Gasteiger charge is -2.36. The van der Waals surface area contributed by atoms with E-state index >= 15 is 0 Å². The van der Waals surface area contributed by atoms with Crippen LogP contribution in [0.4, 0.5) is 14.9 Å². The number of halogens is 1. The molecule has 2 amide bonds. The van der Waals surface area contributed by atoms with Crippen molar-refractivity contribution in [2.45, 2.75) is 0 Å². The predicted octanol–water partition coefficient (Wildman–Crippen LogP) is 2.74. The second kappa shape index (κ2) is 9.12. The second-order valence-corrected chi connectivity index (χ2v) is 6.18. The molecule has 1 aliphatic heterocycles. The summed E-state index contributed by atoms with van der Waals surface area (Å²) >= 11 is 0. The maximum absolute atomic E-state index is 12.8. The fraction of sp³-hybridized carbons (Fsp3) is 0.350. The monoisotopic (exact) mass is 373 g/mol. The van der Waals surface area contributed by atoms with Gasteiger partial charge < -0.3 is 24.6 Å². The van der Waals surface area contributed by atoms with Gasteiger partial charge in [-0.2, -0.15) is 0 Å². The molecule has 144 valence electrons. The number of ether oxygens (including phenoxy) is 2. The number of rotatable bonds is 6. The molecule has 6 nitrogen and oxygen atoms in total. The van der Waals surface area contributed by atoms with Crippen molar-refractivity contribution in [1.29, 1.82) is 0 Å². The summed E-state index contributed by atoms with van der Waals surface area (Å²) < 4.78 is 23.7. The molecule has 0 aromatic heterocycles. The number of piperazine rings is 1. The third-order valence-electron chi connectivity index (χ3n) is 4.45. The fourth-order valence-corrected chi connectivity index (χ4v) is 3.01. The highest BCUT2D eigenvalue weighted by atomic mass is 19.1. The van der Waals surface area contributed by atoms with E-state index in [0.29, 0.717) is 32.0 Å². The van der Waals surface area contributed by atoms with Gasteiger partial charge >= 0.3 is 6.03 Å². The molecule has 0 saturated carbocycles. The lowest BCUT2D eigenvalue weighted by atomic mass is 10.2. The number of hydrogen-bond acceptors (Lipinski definition) is 4. The number of para-hydroxylation sites is 2. The lowest BCUT2D eigenvalue weighted by Crippen LogP contribution is -2.52. The van der Waals surface area contributed by atoms with Crippen LogP contribution in [0.5, 0.6) is 11.5 Å². The van der Waals surface area contributed by atoms with Crippen molar-refractivity contribution in [3.05, 3.63) is 54.3 Å². The van der Waals surface area contributed by atoms with Crippen LogP contribution >= 0.6 is 0 Å². The SMILES string of the molecule is COc1ccccc1N1CCN(C(=O)NCCOc2ccc(F)cc2)CC1. The molecule has 1 aliphatic rings. The summed E-state index contributed by atoms with van der Waals surface area (Å²) in [6, 6.07) is 13.6. The topological polar surface area (TPSA) is 54.0 Å². The first-order chi connectivity index (χ1) is 13.2. The molecule has 0 atom stereocenters. The Hall–Kier alpha value is -2.96. The smallest absolute Gasteiger partial charge is 0.317 e. The fourth-order valence-electron chi connectivity index (χ4n) is 3.01. The summed E-state index contributed by atoms with van der Waals surface area (Å²) in [7, 11) is 1.66. The molecule has 0 radical (unpaired) electrons. The first-order valence-corrected chi connectivity index (χ1v) is 8.96. The largest absolute Gasteiger partial charge is 0.495 e. The van der Waals surface area contributed by atoms with Crippen molar-refractivity contribution in [3.63, 3.8) is 0 Å². The van der Waals surface area contributed by atoms with Gasteiger partial charge in [0.05, 0.1) is 19.3 Å². The van der Waals surface area contributed by atoms with Gasteiger partial charge in [-0.1, -0.05) is 12.1 Å². The predicted molar refractivity (Wildman–Crippen MR) is 102 cm³/mol. The molecule has 0 bridgehead atoms. The minimum atomic E-state index is -0.303. The van der Waals surface area contributed by atoms with E-state index in [9.17, 15) is 9.18 Å². The Morgan fingerprint density at radius 2 is 1.78 bits per heavy atom. The molecular weight excluding hydrogens is 349 g/mol. The van der Waals surface area contributed by atoms with Crippen LogP contribution in [-0.2, 0) is 0 Å². The average molecular weight is 373 g/mol. The molecule has 1 saturated heterocycles. The van der Waals surface area contributed by atoms with Crippen molar-refractivity contribution in [2.75, 3.05) is 51.3 Å². The van der Waals surface area contributed by atoms with E-state index in [1.165, 1.54) is 12.1 Å². The highest BCUT2D eigenvalue weighted by molar-refractivity contribution is 5.74. The Labute approximate surface area is 158 Å². The van der Waals surface area contributed by atoms with Crippen LogP contribution in [0.1, 0.15) is 0 Å². The quantitative estimate of drug-likeness (QED) is 0.791. The number of urea groups is 1. The summed E-state index contributed by atoms with van der Waals surface area (Å²) in [6.07, 6.45) is 0. The Kier molecular flexibility index (Phi) is 6.35. The number of carbonyl (C=O) groups excluding carboxylic acids is 1. The Bertz CT molecular complexity index is 746. The van der Waals surface area contributed by atoms with Crippen LogP contribution in [0.3, 0.4) is 0 Å². The van der Waals surface area contributed by atoms with Crippen molar-refractivity contribution in [2.24, 2.45) is 0 Å². The number of methoxy groups -OCH3 is 1. The van der Waals surface area contributed by atoms with Crippen molar-refractivity contribution < 1.29 is 18.7 Å². The van der Waals surface area contributed by atoms with E-state index in [1.807, 2.05) is 24.3 Å². The number of anilines is 1. The number of benzene rings is 2. The molecule has 0 unspecified atom stereocenters. The van der Waals surface area contributed by atoms with Crippen molar-refractivity contribution in [3.8, 4) is 11.5 Å². The van der Waals surface area contributed by atoms with E-state index < -0.39 is 0 Å². The van der Waals surface area contributed by atoms with Crippen molar-refractivity contribution in [1.82, 2.24) is 10.2 Å². The highest BCUT2D eigenvalue weighted by Crippen LogP contribution is 2.28. The van der Waals surface area contributed by atoms with Crippen LogP contribution in [0.2, 0.25) is 0 Å². The van der Waals surface area contributed by atoms with Crippen LogP contribution in [0.15, 0.2) is 48.5 Å². The molecule has 7 heteroatoms. The first kappa shape index (κ1) is 18.8. The van der Waals surface area contributed by atoms with Crippen LogP contribution in [-0.4, -0.2) is 57.4 Å². The van der Waals surface area contributed by atoms with Crippen molar-refractivity contribution >= 4 is 11.7 Å². The standard InChI is InChI=1S/C20H24FN3O3/c1-26-19-5-3-2-4-18(19)23-11-13-24(14-12-23)20(25)22-10-15-27-17-8-6-16(21)7-9-17/h2-9H,10-15H2,1H3,(H,22,25). The van der Waals surface area contributed by atoms with Gasteiger partial charge in [0.2, 0.25) is 0 Å². The van der Waals surface area contributed by atoms with E-state index in [0.717, 1.165) is 24.5 Å². The molecule has 3 rings (SSSR count). The molecule has 2 aromatic rings. The van der Waals surface area contributed by atoms with E-state index in [1.54, 1.807) is 24.1 Å². The Balaban J connectivity index is 1.40. The highest BCUT2D eigenvalue weighted by Gasteiger charge is 2.22. The molecule has 1 N–H and O–H groups in total. The maximum atomic E-state index is 12.8. The van der Waals surface area contributed by atoms with Gasteiger partial charge in [-0.25, -0.2) is 9.18 Å². The number of nitrogens with one attached hydrogen (secondary N) is 1. The number of carbonyl (C=O) groups is 1. The summed E-state index contributed by atoms with van der Waals surface area (Å²) in [5.41, 5.74) is 1.05. The van der Waals surface area contributed by atoms with E-state index in [2.05, 4.69) is 10.2 Å². The zero-order valence-corrected chi connectivity index (χ0v) is 15.4. The summed E-state index contributed by atoms with van der Waals surface area (Å²) in [6.45, 7) is 3.51. The van der Waals surface area contributed by atoms with Gasteiger partial charge in [0.25, 0.3) is 0 Å². The average Bonchev–Trinajstić information content (AvgIpc) is 2.72. The second-order valence-electron chi connectivity index (χ2n) is 6.18. The Morgan fingerprint density at radius 3 is 2.48 bits per heavy atom. The zero-order chi connectivity index (χ0) is 19.1. The van der Waals surface area contributed by atoms with Crippen LogP contribution in [0.25, 0.3) is 0 Å². The van der Waals surface area contributed by atoms with Gasteiger partial charge in [-0.05, 0) is 36.4 Å². The minimum absolute atomic E-state index is 0.0996. The molecular formula is C20H24FN3O3. The Morgan fingerprint density at radius 1 is 1.07 bits per heavy atom. The zero-order valence-electron chi connectivity index (χ0n) is 15.4. The molecule has 2 aromatic carbocycles. The van der Waals surface area contributed by atoms with Gasteiger partial charge in [0, 0.05) is 26.2 Å². The number of nitrogens with zero attached hydrogens (tertiary/aromatic N) is 2. The molecule has 0 spiro atoms. The molecule has 27 heavy (non-hydrogen) atoms. The summed E-state index contributed by atoms with van der Waals surface area (Å²) in [5.74, 6) is 1.12. The van der Waals surface area contributed by atoms with Crippen LogP contribution in [0, 0.1) is 5.82 Å². The van der Waals surface area contributed by atoms with Gasteiger partial charge in [0.1, 0.15) is 23.9 Å². The lowest BCUT2D eigenvalue weighted by molar-refractivity contribution is 0.191. The van der Waals surface area contributed by atoms with E-state index in [-0.39, 0.29) is 11.8 Å². The molecule has 1 heterocycles. The first-order valence-electron chi connectivity index (χ1n) is 8.96. The van der Waals surface area contributed by atoms with Gasteiger partial charge in [-0.15, -0.1) is 0 Å². The third kappa shape index (κ3) is 5.03. The summed E-state index contributed by atoms with van der Waals surface area (Å²) in [5, 5.41) is 2.86. The number of hydrogen-bond donors (Lipinski definition) is 1. The summed E-state index contributed by atoms with van der Waals surface area (Å²) in [4.78, 5) is 16.3. The third-order valence-corrected chi connectivity index (χ3v) is 4.45. The molecule has 0 aliphatic carbocycles. The normalized spacial score (nSPS) is 14.0. The number of amides is 2. The van der Waals surface area contributed by atoms with Gasteiger partial charge in [0.15, 0.2) is 0 Å². The minimum Gasteiger partial charge on any atom is -0.495 e. The maximum Gasteiger partial charge on any atom is 0.317 e.